The van der Waals surface area contributed by atoms with E-state index in [2.05, 4.69) is 19.9 Å². The summed E-state index contributed by atoms with van der Waals surface area (Å²) in [6.45, 7) is 2.40. The summed E-state index contributed by atoms with van der Waals surface area (Å²) in [4.78, 5) is 29.9. The van der Waals surface area contributed by atoms with Gasteiger partial charge in [-0.05, 0) is 12.8 Å². The molecule has 0 bridgehead atoms. The van der Waals surface area contributed by atoms with E-state index in [1.165, 1.54) is 19.3 Å². The van der Waals surface area contributed by atoms with Gasteiger partial charge >= 0.3 is 0 Å². The van der Waals surface area contributed by atoms with Gasteiger partial charge in [0.1, 0.15) is 5.82 Å². The first-order chi connectivity index (χ1) is 11.3. The van der Waals surface area contributed by atoms with Crippen LogP contribution in [0, 0.1) is 0 Å². The second-order valence-corrected chi connectivity index (χ2v) is 6.75. The topological polar surface area (TPSA) is 77.7 Å². The number of aromatic nitrogens is 4. The highest BCUT2D eigenvalue weighted by Gasteiger charge is 2.24. The second-order valence-electron chi connectivity index (χ2n) is 6.75. The number of H-pyrrole nitrogens is 2. The molecule has 0 unspecified atom stereocenters. The molecule has 2 aromatic rings. The minimum absolute atomic E-state index is 0.0601. The third kappa shape index (κ3) is 3.08. The molecule has 1 aliphatic carbocycles. The smallest absolute Gasteiger partial charge is 0.255 e. The lowest BCUT2D eigenvalue weighted by Gasteiger charge is -2.28. The molecular formula is C17H23N5O. The van der Waals surface area contributed by atoms with Crippen molar-refractivity contribution < 1.29 is 0 Å². The molecule has 4 rings (SSSR count). The molecule has 0 saturated heterocycles. The average Bonchev–Trinajstić information content (AvgIpc) is 3.09. The standard InChI is InChI=1S/C17H23N5O/c23-17-14-10-22(9-13-8-18-11-19-13)7-6-15(14)20-16(21-17)12-4-2-1-3-5-12/h8,11-12H,1-7,9-10H2,(H,18,19)(H,20,21,23). The Morgan fingerprint density at radius 3 is 2.91 bits per heavy atom. The first-order valence-corrected chi connectivity index (χ1v) is 8.61. The van der Waals surface area contributed by atoms with E-state index >= 15 is 0 Å². The van der Waals surface area contributed by atoms with E-state index in [0.717, 1.165) is 55.1 Å². The summed E-state index contributed by atoms with van der Waals surface area (Å²) < 4.78 is 0. The van der Waals surface area contributed by atoms with Crippen molar-refractivity contribution in [2.24, 2.45) is 0 Å². The fourth-order valence-electron chi connectivity index (χ4n) is 3.82. The SMILES string of the molecule is O=c1[nH]c(C2CCCCC2)nc2c1CN(Cc1cnc[nH]1)CC2. The van der Waals surface area contributed by atoms with Crippen molar-refractivity contribution in [2.75, 3.05) is 6.54 Å². The zero-order chi connectivity index (χ0) is 15.6. The van der Waals surface area contributed by atoms with E-state index in [9.17, 15) is 4.79 Å². The Morgan fingerprint density at radius 1 is 1.26 bits per heavy atom. The Kier molecular flexibility index (Phi) is 3.99. The van der Waals surface area contributed by atoms with Crippen LogP contribution in [0.4, 0.5) is 0 Å². The first-order valence-electron chi connectivity index (χ1n) is 8.61. The summed E-state index contributed by atoms with van der Waals surface area (Å²) in [7, 11) is 0. The van der Waals surface area contributed by atoms with Crippen molar-refractivity contribution in [2.45, 2.75) is 57.5 Å². The maximum Gasteiger partial charge on any atom is 0.255 e. The molecule has 0 aromatic carbocycles. The van der Waals surface area contributed by atoms with Gasteiger partial charge < -0.3 is 9.97 Å². The summed E-state index contributed by atoms with van der Waals surface area (Å²) >= 11 is 0. The maximum atomic E-state index is 12.5. The molecule has 23 heavy (non-hydrogen) atoms. The number of hydrogen-bond donors (Lipinski definition) is 2. The summed E-state index contributed by atoms with van der Waals surface area (Å²) in [5, 5.41) is 0. The molecular weight excluding hydrogens is 290 g/mol. The molecule has 0 spiro atoms. The van der Waals surface area contributed by atoms with Crippen LogP contribution in [0.25, 0.3) is 0 Å². The Bertz CT molecular complexity index is 715. The number of nitrogens with zero attached hydrogens (tertiary/aromatic N) is 3. The molecule has 2 aliphatic rings. The van der Waals surface area contributed by atoms with E-state index in [0.29, 0.717) is 12.5 Å². The zero-order valence-corrected chi connectivity index (χ0v) is 13.3. The van der Waals surface area contributed by atoms with Crippen LogP contribution in [0.5, 0.6) is 0 Å². The monoisotopic (exact) mass is 313 g/mol. The molecule has 0 radical (unpaired) electrons. The average molecular weight is 313 g/mol. The third-order valence-electron chi connectivity index (χ3n) is 5.11. The molecule has 3 heterocycles. The highest BCUT2D eigenvalue weighted by atomic mass is 16.1. The van der Waals surface area contributed by atoms with E-state index in [-0.39, 0.29) is 5.56 Å². The molecule has 1 fully saturated rings. The van der Waals surface area contributed by atoms with Gasteiger partial charge in [0, 0.05) is 43.9 Å². The van der Waals surface area contributed by atoms with Crippen molar-refractivity contribution in [3.05, 3.63) is 45.7 Å². The van der Waals surface area contributed by atoms with Gasteiger partial charge in [-0.25, -0.2) is 9.97 Å². The molecule has 0 amide bonds. The lowest BCUT2D eigenvalue weighted by Crippen LogP contribution is -2.36. The fourth-order valence-corrected chi connectivity index (χ4v) is 3.82. The molecule has 1 aliphatic heterocycles. The molecule has 6 heteroatoms. The summed E-state index contributed by atoms with van der Waals surface area (Å²) in [5.74, 6) is 1.38. The number of aromatic amines is 2. The number of hydrogen-bond acceptors (Lipinski definition) is 4. The lowest BCUT2D eigenvalue weighted by atomic mass is 9.88. The summed E-state index contributed by atoms with van der Waals surface area (Å²) in [6, 6.07) is 0. The largest absolute Gasteiger partial charge is 0.347 e. The number of imidazole rings is 1. The van der Waals surface area contributed by atoms with Gasteiger partial charge in [0.25, 0.3) is 5.56 Å². The van der Waals surface area contributed by atoms with Gasteiger partial charge in [0.05, 0.1) is 17.6 Å². The van der Waals surface area contributed by atoms with Crippen molar-refractivity contribution in [3.63, 3.8) is 0 Å². The van der Waals surface area contributed by atoms with Gasteiger partial charge in [0.2, 0.25) is 0 Å². The quantitative estimate of drug-likeness (QED) is 0.909. The van der Waals surface area contributed by atoms with Gasteiger partial charge in [-0.2, -0.15) is 0 Å². The highest BCUT2D eigenvalue weighted by Crippen LogP contribution is 2.30. The van der Waals surface area contributed by atoms with Crippen LogP contribution in [-0.2, 0) is 19.5 Å². The van der Waals surface area contributed by atoms with Crippen LogP contribution in [0.2, 0.25) is 0 Å². The Hall–Kier alpha value is -1.95. The number of fused-ring (bicyclic) bond motifs is 1. The van der Waals surface area contributed by atoms with Gasteiger partial charge in [-0.3, -0.25) is 9.69 Å². The number of rotatable bonds is 3. The molecule has 6 nitrogen and oxygen atoms in total. The maximum absolute atomic E-state index is 12.5. The van der Waals surface area contributed by atoms with Crippen LogP contribution in [0.15, 0.2) is 17.3 Å². The third-order valence-corrected chi connectivity index (χ3v) is 5.11. The number of nitrogens with one attached hydrogen (secondary N) is 2. The molecule has 2 N–H and O–H groups in total. The van der Waals surface area contributed by atoms with Gasteiger partial charge in [0.15, 0.2) is 0 Å². The van der Waals surface area contributed by atoms with E-state index in [1.807, 2.05) is 6.20 Å². The molecule has 122 valence electrons. The van der Waals surface area contributed by atoms with Crippen LogP contribution >= 0.6 is 0 Å². The molecule has 0 atom stereocenters. The van der Waals surface area contributed by atoms with Crippen LogP contribution < -0.4 is 5.56 Å². The van der Waals surface area contributed by atoms with Gasteiger partial charge in [-0.1, -0.05) is 19.3 Å². The van der Waals surface area contributed by atoms with Crippen molar-refractivity contribution in [1.29, 1.82) is 0 Å². The van der Waals surface area contributed by atoms with E-state index in [1.54, 1.807) is 6.33 Å². The normalized spacial score (nSPS) is 19.7. The fraction of sp³-hybridized carbons (Fsp3) is 0.588. The molecule has 2 aromatic heterocycles. The van der Waals surface area contributed by atoms with E-state index < -0.39 is 0 Å². The van der Waals surface area contributed by atoms with Crippen LogP contribution in [0.1, 0.15) is 60.8 Å². The Labute approximate surface area is 135 Å². The minimum atomic E-state index is 0.0601. The van der Waals surface area contributed by atoms with Crippen LogP contribution in [-0.4, -0.2) is 31.4 Å². The predicted molar refractivity (Wildman–Crippen MR) is 87.1 cm³/mol. The molecule has 1 saturated carbocycles. The van der Waals surface area contributed by atoms with Crippen LogP contribution in [0.3, 0.4) is 0 Å². The van der Waals surface area contributed by atoms with E-state index in [4.69, 9.17) is 4.98 Å². The summed E-state index contributed by atoms with van der Waals surface area (Å²) in [6.07, 6.45) is 10.5. The van der Waals surface area contributed by atoms with Crippen molar-refractivity contribution >= 4 is 0 Å². The highest BCUT2D eigenvalue weighted by molar-refractivity contribution is 5.22. The zero-order valence-electron chi connectivity index (χ0n) is 13.3. The Balaban J connectivity index is 1.54. The first kappa shape index (κ1) is 14.6. The second kappa shape index (κ2) is 6.28. The lowest BCUT2D eigenvalue weighted by molar-refractivity contribution is 0.238. The summed E-state index contributed by atoms with van der Waals surface area (Å²) in [5.41, 5.74) is 2.99. The predicted octanol–water partition coefficient (Wildman–Crippen LogP) is 2.10. The van der Waals surface area contributed by atoms with Crippen molar-refractivity contribution in [1.82, 2.24) is 24.8 Å². The minimum Gasteiger partial charge on any atom is -0.347 e. The van der Waals surface area contributed by atoms with Gasteiger partial charge in [-0.15, -0.1) is 0 Å². The Morgan fingerprint density at radius 2 is 2.13 bits per heavy atom. The van der Waals surface area contributed by atoms with Crippen molar-refractivity contribution in [3.8, 4) is 0 Å².